The third kappa shape index (κ3) is 4.18. The second-order valence-electron chi connectivity index (χ2n) is 7.09. The number of aliphatic carboxylic acids is 1. The van der Waals surface area contributed by atoms with Crippen LogP contribution in [0, 0.1) is 11.3 Å². The highest BCUT2D eigenvalue weighted by molar-refractivity contribution is 5.81. The number of para-hydroxylation sites is 2. The number of benzene rings is 1. The Hall–Kier alpha value is -2.28. The van der Waals surface area contributed by atoms with Gasteiger partial charge < -0.3 is 24.2 Å². The third-order valence-electron chi connectivity index (χ3n) is 5.43. The van der Waals surface area contributed by atoms with E-state index in [1.165, 1.54) is 0 Å². The molecule has 0 bridgehead atoms. The van der Waals surface area contributed by atoms with Gasteiger partial charge in [-0.25, -0.2) is 0 Å². The molecule has 2 saturated heterocycles. The van der Waals surface area contributed by atoms with Gasteiger partial charge >= 0.3 is 5.97 Å². The van der Waals surface area contributed by atoms with Crippen LogP contribution < -0.4 is 9.47 Å². The van der Waals surface area contributed by atoms with Crippen molar-refractivity contribution in [3.8, 4) is 11.5 Å². The maximum absolute atomic E-state index is 12.5. The van der Waals surface area contributed by atoms with Gasteiger partial charge in [-0.15, -0.1) is 0 Å². The number of carboxylic acid groups (broad SMARTS) is 1. The molecule has 7 heteroatoms. The third-order valence-corrected chi connectivity index (χ3v) is 5.43. The van der Waals surface area contributed by atoms with E-state index >= 15 is 0 Å². The van der Waals surface area contributed by atoms with Gasteiger partial charge in [0.15, 0.2) is 11.5 Å². The van der Waals surface area contributed by atoms with Gasteiger partial charge in [-0.2, -0.15) is 0 Å². The van der Waals surface area contributed by atoms with Gasteiger partial charge in [0.25, 0.3) is 0 Å². The topological polar surface area (TPSA) is 85.3 Å². The second-order valence-corrected chi connectivity index (χ2v) is 7.09. The van der Waals surface area contributed by atoms with E-state index in [1.807, 2.05) is 31.2 Å². The summed E-state index contributed by atoms with van der Waals surface area (Å²) in [6.07, 6.45) is 1.37. The maximum atomic E-state index is 12.5. The Morgan fingerprint density at radius 2 is 2.04 bits per heavy atom. The lowest BCUT2D eigenvalue weighted by molar-refractivity contribution is -0.157. The summed E-state index contributed by atoms with van der Waals surface area (Å²) in [5, 5.41) is 9.68. The van der Waals surface area contributed by atoms with Crippen molar-refractivity contribution in [2.75, 3.05) is 39.5 Å². The Kier molecular flexibility index (Phi) is 6.21. The highest BCUT2D eigenvalue weighted by Gasteiger charge is 2.54. The van der Waals surface area contributed by atoms with E-state index in [-0.39, 0.29) is 18.4 Å². The second kappa shape index (κ2) is 8.61. The van der Waals surface area contributed by atoms with Crippen LogP contribution in [0.1, 0.15) is 26.2 Å². The summed E-state index contributed by atoms with van der Waals surface area (Å²) in [5.74, 6) is 0.398. The summed E-state index contributed by atoms with van der Waals surface area (Å²) < 4.78 is 16.7. The standard InChI is InChI=1S/C20H27NO6/c1-2-26-16-6-3-4-7-17(16)27-10-5-8-18(22)21-12-15-13-25-11-9-20(15,14-21)19(23)24/h3-4,6-7,15H,2,5,8-14H2,1H3,(H,23,24)/t15-,20+/m0/s1. The summed E-state index contributed by atoms with van der Waals surface area (Å²) in [6.45, 7) is 4.47. The predicted molar refractivity (Wildman–Crippen MR) is 97.9 cm³/mol. The highest BCUT2D eigenvalue weighted by Crippen LogP contribution is 2.42. The van der Waals surface area contributed by atoms with Crippen LogP contribution in [0.2, 0.25) is 0 Å². The average Bonchev–Trinajstić information content (AvgIpc) is 3.08. The van der Waals surface area contributed by atoms with Gasteiger partial charge in [-0.1, -0.05) is 12.1 Å². The molecule has 0 aromatic heterocycles. The van der Waals surface area contributed by atoms with Crippen LogP contribution in [0.15, 0.2) is 24.3 Å². The Morgan fingerprint density at radius 3 is 2.70 bits per heavy atom. The molecule has 3 rings (SSSR count). The predicted octanol–water partition coefficient (Wildman–Crippen LogP) is 2.19. The molecule has 148 valence electrons. The zero-order chi connectivity index (χ0) is 19.3. The monoisotopic (exact) mass is 377 g/mol. The summed E-state index contributed by atoms with van der Waals surface area (Å²) in [4.78, 5) is 26.0. The number of rotatable bonds is 8. The summed E-state index contributed by atoms with van der Waals surface area (Å²) >= 11 is 0. The van der Waals surface area contributed by atoms with Crippen molar-refractivity contribution in [3.05, 3.63) is 24.3 Å². The van der Waals surface area contributed by atoms with Crippen LogP contribution in [0.3, 0.4) is 0 Å². The normalized spacial score (nSPS) is 24.3. The van der Waals surface area contributed by atoms with Gasteiger partial charge in [-0.3, -0.25) is 9.59 Å². The van der Waals surface area contributed by atoms with Crippen LogP contribution in [0.4, 0.5) is 0 Å². The first-order chi connectivity index (χ1) is 13.1. The Labute approximate surface area is 159 Å². The quantitative estimate of drug-likeness (QED) is 0.699. The lowest BCUT2D eigenvalue weighted by atomic mass is 9.74. The molecule has 2 aliphatic heterocycles. The number of likely N-dealkylation sites (tertiary alicyclic amines) is 1. The van der Waals surface area contributed by atoms with Crippen LogP contribution in [-0.4, -0.2) is 61.4 Å². The van der Waals surface area contributed by atoms with Crippen LogP contribution in [0.5, 0.6) is 11.5 Å². The highest BCUT2D eigenvalue weighted by atomic mass is 16.5. The number of carbonyl (C=O) groups is 2. The van der Waals surface area contributed by atoms with Crippen LogP contribution in [0.25, 0.3) is 0 Å². The zero-order valence-electron chi connectivity index (χ0n) is 15.7. The summed E-state index contributed by atoms with van der Waals surface area (Å²) in [6, 6.07) is 7.45. The van der Waals surface area contributed by atoms with Crippen molar-refractivity contribution < 1.29 is 28.9 Å². The van der Waals surface area contributed by atoms with Crippen molar-refractivity contribution in [1.82, 2.24) is 4.90 Å². The molecule has 2 aliphatic rings. The van der Waals surface area contributed by atoms with Gasteiger partial charge in [0, 0.05) is 32.0 Å². The molecule has 2 atom stereocenters. The van der Waals surface area contributed by atoms with E-state index in [9.17, 15) is 14.7 Å². The first kappa shape index (κ1) is 19.5. The number of hydrogen-bond donors (Lipinski definition) is 1. The van der Waals surface area contributed by atoms with Crippen molar-refractivity contribution in [1.29, 1.82) is 0 Å². The Balaban J connectivity index is 1.48. The van der Waals surface area contributed by atoms with Gasteiger partial charge in [0.05, 0.1) is 25.2 Å². The van der Waals surface area contributed by atoms with Gasteiger partial charge in [0.1, 0.15) is 0 Å². The zero-order valence-corrected chi connectivity index (χ0v) is 15.7. The molecular weight excluding hydrogens is 350 g/mol. The van der Waals surface area contributed by atoms with E-state index in [0.29, 0.717) is 63.7 Å². The molecule has 1 aromatic rings. The molecule has 1 aromatic carbocycles. The molecule has 27 heavy (non-hydrogen) atoms. The fraction of sp³-hybridized carbons (Fsp3) is 0.600. The first-order valence-corrected chi connectivity index (χ1v) is 9.50. The minimum Gasteiger partial charge on any atom is -0.490 e. The van der Waals surface area contributed by atoms with E-state index < -0.39 is 11.4 Å². The average molecular weight is 377 g/mol. The molecule has 2 heterocycles. The van der Waals surface area contributed by atoms with E-state index in [2.05, 4.69) is 0 Å². The van der Waals surface area contributed by atoms with Gasteiger partial charge in [0.2, 0.25) is 5.91 Å². The van der Waals surface area contributed by atoms with E-state index in [4.69, 9.17) is 14.2 Å². The lowest BCUT2D eigenvalue weighted by Crippen LogP contribution is -2.45. The number of carbonyl (C=O) groups excluding carboxylic acids is 1. The molecular formula is C20H27NO6. The fourth-order valence-electron chi connectivity index (χ4n) is 3.90. The minimum atomic E-state index is -0.846. The van der Waals surface area contributed by atoms with Crippen molar-refractivity contribution in [2.24, 2.45) is 11.3 Å². The fourth-order valence-corrected chi connectivity index (χ4v) is 3.90. The summed E-state index contributed by atoms with van der Waals surface area (Å²) in [7, 11) is 0. The molecule has 1 amide bonds. The molecule has 0 saturated carbocycles. The molecule has 0 spiro atoms. The minimum absolute atomic E-state index is 0.0216. The Bertz CT molecular complexity index is 678. The van der Waals surface area contributed by atoms with Crippen molar-refractivity contribution >= 4 is 11.9 Å². The Morgan fingerprint density at radius 1 is 1.30 bits per heavy atom. The number of nitrogens with zero attached hydrogens (tertiary/aromatic N) is 1. The van der Waals surface area contributed by atoms with Crippen LogP contribution >= 0.6 is 0 Å². The van der Waals surface area contributed by atoms with E-state index in [0.717, 1.165) is 0 Å². The molecule has 0 aliphatic carbocycles. The molecule has 0 unspecified atom stereocenters. The van der Waals surface area contributed by atoms with Crippen molar-refractivity contribution in [3.63, 3.8) is 0 Å². The summed E-state index contributed by atoms with van der Waals surface area (Å²) in [5.41, 5.74) is -0.846. The number of ether oxygens (including phenoxy) is 3. The number of hydrogen-bond acceptors (Lipinski definition) is 5. The number of fused-ring (bicyclic) bond motifs is 1. The maximum Gasteiger partial charge on any atom is 0.311 e. The smallest absolute Gasteiger partial charge is 0.311 e. The van der Waals surface area contributed by atoms with Crippen molar-refractivity contribution in [2.45, 2.75) is 26.2 Å². The number of amides is 1. The SMILES string of the molecule is CCOc1ccccc1OCCCC(=O)N1C[C@H]2COCC[C@@]2(C(=O)O)C1. The lowest BCUT2D eigenvalue weighted by Gasteiger charge is -2.33. The molecule has 2 fully saturated rings. The van der Waals surface area contributed by atoms with Crippen LogP contribution in [-0.2, 0) is 14.3 Å². The first-order valence-electron chi connectivity index (χ1n) is 9.50. The molecule has 1 N–H and O–H groups in total. The van der Waals surface area contributed by atoms with E-state index in [1.54, 1.807) is 4.90 Å². The van der Waals surface area contributed by atoms with Gasteiger partial charge in [-0.05, 0) is 31.9 Å². The molecule has 7 nitrogen and oxygen atoms in total. The largest absolute Gasteiger partial charge is 0.490 e. The number of carboxylic acids is 1. The molecule has 0 radical (unpaired) electrons.